The maximum Gasteiger partial charge on any atom is 0.415 e. The molecule has 3 unspecified atom stereocenters. The number of β-amino-alcohol motifs (C(OH)–C–C–N with tert-alkyl or cyclic N) is 1. The number of piperidine rings is 1. The van der Waals surface area contributed by atoms with Crippen molar-refractivity contribution < 1.29 is 18.3 Å². The number of halogens is 3. The van der Waals surface area contributed by atoms with Gasteiger partial charge in [0.2, 0.25) is 0 Å². The van der Waals surface area contributed by atoms with E-state index >= 15 is 0 Å². The van der Waals surface area contributed by atoms with E-state index < -0.39 is 12.3 Å². The van der Waals surface area contributed by atoms with E-state index in [9.17, 15) is 13.2 Å². The number of alkyl halides is 3. The highest BCUT2D eigenvalue weighted by atomic mass is 19.4. The first-order valence-electron chi connectivity index (χ1n) is 5.99. The Balaban J connectivity index is 2.45. The highest BCUT2D eigenvalue weighted by Gasteiger charge is 2.39. The van der Waals surface area contributed by atoms with Crippen LogP contribution in [0, 0.1) is 5.92 Å². The number of rotatable bonds is 4. The van der Waals surface area contributed by atoms with Crippen LogP contribution >= 0.6 is 0 Å². The molecule has 1 heterocycles. The predicted molar refractivity (Wildman–Crippen MR) is 59.7 cm³/mol. The van der Waals surface area contributed by atoms with Gasteiger partial charge in [0.25, 0.3) is 0 Å². The third-order valence-electron chi connectivity index (χ3n) is 3.51. The Bertz CT molecular complexity index is 235. The number of aliphatic hydroxyl groups is 1. The van der Waals surface area contributed by atoms with Crippen LogP contribution < -0.4 is 5.32 Å². The predicted octanol–water partition coefficient (Wildman–Crippen LogP) is 1.23. The monoisotopic (exact) mass is 254 g/mol. The lowest BCUT2D eigenvalue weighted by Gasteiger charge is -2.36. The molecule has 3 nitrogen and oxygen atoms in total. The second-order valence-corrected chi connectivity index (χ2v) is 4.80. The zero-order valence-corrected chi connectivity index (χ0v) is 10.3. The SMILES string of the molecule is CNC(C)C1CCCN(CC(O)C(F)(F)F)C1. The largest absolute Gasteiger partial charge is 0.415 e. The summed E-state index contributed by atoms with van der Waals surface area (Å²) in [5.41, 5.74) is 0. The lowest BCUT2D eigenvalue weighted by atomic mass is 9.91. The van der Waals surface area contributed by atoms with Gasteiger partial charge in [-0.1, -0.05) is 0 Å². The standard InChI is InChI=1S/C11H21F3N2O/c1-8(15-2)9-4-3-5-16(6-9)7-10(17)11(12,13)14/h8-10,15,17H,3-7H2,1-2H3. The molecule has 0 amide bonds. The van der Waals surface area contributed by atoms with Gasteiger partial charge in [0.05, 0.1) is 0 Å². The van der Waals surface area contributed by atoms with Crippen LogP contribution in [-0.2, 0) is 0 Å². The number of hydrogen-bond acceptors (Lipinski definition) is 3. The molecule has 2 N–H and O–H groups in total. The molecule has 1 rings (SSSR count). The van der Waals surface area contributed by atoms with Gasteiger partial charge in [-0.25, -0.2) is 0 Å². The number of nitrogens with zero attached hydrogens (tertiary/aromatic N) is 1. The van der Waals surface area contributed by atoms with Crippen LogP contribution in [0.1, 0.15) is 19.8 Å². The molecule has 0 bridgehead atoms. The number of aliphatic hydroxyl groups excluding tert-OH is 1. The van der Waals surface area contributed by atoms with Crippen LogP contribution in [0.3, 0.4) is 0 Å². The molecule has 3 atom stereocenters. The summed E-state index contributed by atoms with van der Waals surface area (Å²) in [6.07, 6.45) is -4.82. The van der Waals surface area contributed by atoms with Gasteiger partial charge < -0.3 is 15.3 Å². The van der Waals surface area contributed by atoms with Gasteiger partial charge in [-0.2, -0.15) is 13.2 Å². The summed E-state index contributed by atoms with van der Waals surface area (Å²) < 4.78 is 36.7. The van der Waals surface area contributed by atoms with E-state index in [2.05, 4.69) is 5.32 Å². The highest BCUT2D eigenvalue weighted by Crippen LogP contribution is 2.24. The minimum atomic E-state index is -4.51. The zero-order valence-electron chi connectivity index (χ0n) is 10.3. The van der Waals surface area contributed by atoms with Crippen LogP contribution in [0.25, 0.3) is 0 Å². The third-order valence-corrected chi connectivity index (χ3v) is 3.51. The summed E-state index contributed by atoms with van der Waals surface area (Å²) in [5, 5.41) is 12.2. The maximum absolute atomic E-state index is 12.2. The molecule has 0 aromatic heterocycles. The number of likely N-dealkylation sites (tertiary alicyclic amines) is 1. The van der Waals surface area contributed by atoms with Crippen molar-refractivity contribution in [3.05, 3.63) is 0 Å². The summed E-state index contributed by atoms with van der Waals surface area (Å²) in [7, 11) is 1.86. The highest BCUT2D eigenvalue weighted by molar-refractivity contribution is 4.81. The fourth-order valence-corrected chi connectivity index (χ4v) is 2.25. The Kier molecular flexibility index (Phi) is 5.22. The average molecular weight is 254 g/mol. The molecule has 0 saturated carbocycles. The molecular formula is C11H21F3N2O. The van der Waals surface area contributed by atoms with E-state index in [4.69, 9.17) is 5.11 Å². The molecule has 0 spiro atoms. The van der Waals surface area contributed by atoms with E-state index in [1.54, 1.807) is 4.90 Å². The Labute approximate surface area is 100.0 Å². The van der Waals surface area contributed by atoms with Crippen LogP contribution in [0.2, 0.25) is 0 Å². The molecule has 0 aromatic carbocycles. The van der Waals surface area contributed by atoms with Crippen molar-refractivity contribution in [3.8, 4) is 0 Å². The van der Waals surface area contributed by atoms with Crippen LogP contribution in [-0.4, -0.2) is 55.0 Å². The summed E-state index contributed by atoms with van der Waals surface area (Å²) in [4.78, 5) is 1.71. The minimum absolute atomic E-state index is 0.292. The smallest absolute Gasteiger partial charge is 0.382 e. The van der Waals surface area contributed by atoms with E-state index in [-0.39, 0.29) is 6.54 Å². The maximum atomic E-state index is 12.2. The van der Waals surface area contributed by atoms with Crippen LogP contribution in [0.15, 0.2) is 0 Å². The van der Waals surface area contributed by atoms with Gasteiger partial charge >= 0.3 is 6.18 Å². The fraction of sp³-hybridized carbons (Fsp3) is 1.00. The summed E-state index contributed by atoms with van der Waals surface area (Å²) >= 11 is 0. The van der Waals surface area contributed by atoms with Crippen LogP contribution in [0.4, 0.5) is 13.2 Å². The number of hydrogen-bond donors (Lipinski definition) is 2. The minimum Gasteiger partial charge on any atom is -0.382 e. The third kappa shape index (κ3) is 4.44. The Morgan fingerprint density at radius 3 is 2.65 bits per heavy atom. The fourth-order valence-electron chi connectivity index (χ4n) is 2.25. The summed E-state index contributed by atoms with van der Waals surface area (Å²) in [6, 6.07) is 0.292. The first-order valence-corrected chi connectivity index (χ1v) is 5.99. The second-order valence-electron chi connectivity index (χ2n) is 4.80. The molecule has 0 radical (unpaired) electrons. The van der Waals surface area contributed by atoms with Gasteiger partial charge in [0, 0.05) is 19.1 Å². The van der Waals surface area contributed by atoms with E-state index in [0.29, 0.717) is 25.0 Å². The van der Waals surface area contributed by atoms with Gasteiger partial charge in [0.15, 0.2) is 6.10 Å². The topological polar surface area (TPSA) is 35.5 Å². The molecule has 6 heteroatoms. The lowest BCUT2D eigenvalue weighted by molar-refractivity contribution is -0.209. The Morgan fingerprint density at radius 2 is 2.12 bits per heavy atom. The Morgan fingerprint density at radius 1 is 1.47 bits per heavy atom. The van der Waals surface area contributed by atoms with Gasteiger partial charge in [0.1, 0.15) is 0 Å². The molecule has 0 aliphatic carbocycles. The van der Waals surface area contributed by atoms with Gasteiger partial charge in [-0.05, 0) is 39.3 Å². The molecule has 0 aromatic rings. The van der Waals surface area contributed by atoms with E-state index in [1.165, 1.54) is 0 Å². The molecule has 1 saturated heterocycles. The van der Waals surface area contributed by atoms with Gasteiger partial charge in [-0.15, -0.1) is 0 Å². The van der Waals surface area contributed by atoms with Crippen LogP contribution in [0.5, 0.6) is 0 Å². The normalized spacial score (nSPS) is 26.8. The first kappa shape index (κ1) is 14.7. The van der Waals surface area contributed by atoms with E-state index in [0.717, 1.165) is 12.8 Å². The summed E-state index contributed by atoms with van der Waals surface area (Å²) in [5.74, 6) is 0.356. The van der Waals surface area contributed by atoms with Crippen molar-refractivity contribution in [3.63, 3.8) is 0 Å². The van der Waals surface area contributed by atoms with Crippen molar-refractivity contribution in [1.82, 2.24) is 10.2 Å². The van der Waals surface area contributed by atoms with Crippen molar-refractivity contribution in [2.45, 2.75) is 38.1 Å². The molecule has 102 valence electrons. The quantitative estimate of drug-likeness (QED) is 0.792. The molecule has 1 aliphatic heterocycles. The van der Waals surface area contributed by atoms with Crippen molar-refractivity contribution >= 4 is 0 Å². The number of nitrogens with one attached hydrogen (secondary N) is 1. The summed E-state index contributed by atoms with van der Waals surface area (Å²) in [6.45, 7) is 2.99. The molecule has 1 aliphatic rings. The lowest BCUT2D eigenvalue weighted by Crippen LogP contribution is -2.48. The van der Waals surface area contributed by atoms with Crippen molar-refractivity contribution in [2.24, 2.45) is 5.92 Å². The zero-order chi connectivity index (χ0) is 13.1. The second kappa shape index (κ2) is 6.02. The molecular weight excluding hydrogens is 233 g/mol. The van der Waals surface area contributed by atoms with Gasteiger partial charge in [-0.3, -0.25) is 0 Å². The van der Waals surface area contributed by atoms with Crippen molar-refractivity contribution in [1.29, 1.82) is 0 Å². The van der Waals surface area contributed by atoms with E-state index in [1.807, 2.05) is 14.0 Å². The van der Waals surface area contributed by atoms with Crippen molar-refractivity contribution in [2.75, 3.05) is 26.7 Å². The Hall–Kier alpha value is -0.330. The molecule has 1 fully saturated rings. The molecule has 17 heavy (non-hydrogen) atoms. The average Bonchev–Trinajstić information content (AvgIpc) is 2.27. The first-order chi connectivity index (χ1) is 7.84.